The molecular formula is C10H8F6N2O3. The van der Waals surface area contributed by atoms with E-state index in [1.807, 2.05) is 0 Å². The molecule has 2 N–H and O–H groups in total. The molecule has 0 spiro atoms. The maximum atomic E-state index is 12.2. The van der Waals surface area contributed by atoms with Crippen molar-refractivity contribution in [3.8, 4) is 0 Å². The van der Waals surface area contributed by atoms with Crippen molar-refractivity contribution in [2.75, 3.05) is 5.73 Å². The first-order valence-corrected chi connectivity index (χ1v) is 5.20. The molecule has 0 heterocycles. The van der Waals surface area contributed by atoms with Crippen LogP contribution >= 0.6 is 0 Å². The molecule has 0 unspecified atom stereocenters. The Kier molecular flexibility index (Phi) is 4.66. The Morgan fingerprint density at radius 1 is 1.19 bits per heavy atom. The summed E-state index contributed by atoms with van der Waals surface area (Å²) in [6.45, 7) is -1.11. The van der Waals surface area contributed by atoms with Crippen LogP contribution in [0.15, 0.2) is 18.2 Å². The third-order valence-electron chi connectivity index (χ3n) is 2.30. The highest BCUT2D eigenvalue weighted by atomic mass is 19.4. The quantitative estimate of drug-likeness (QED) is 0.400. The minimum Gasteiger partial charge on any atom is -0.393 e. The summed E-state index contributed by atoms with van der Waals surface area (Å²) in [5, 5.41) is 10.6. The second-order valence-electron chi connectivity index (χ2n) is 3.92. The van der Waals surface area contributed by atoms with E-state index in [2.05, 4.69) is 4.74 Å². The van der Waals surface area contributed by atoms with Crippen LogP contribution in [0.2, 0.25) is 0 Å². The van der Waals surface area contributed by atoms with Crippen molar-refractivity contribution in [1.82, 2.24) is 0 Å². The number of nitrogens with zero attached hydrogens (tertiary/aromatic N) is 1. The van der Waals surface area contributed by atoms with Crippen LogP contribution in [-0.2, 0) is 11.3 Å². The smallest absolute Gasteiger partial charge is 0.393 e. The molecule has 0 radical (unpaired) electrons. The maximum absolute atomic E-state index is 12.2. The summed E-state index contributed by atoms with van der Waals surface area (Å²) in [5.74, 6) is 0. The van der Waals surface area contributed by atoms with E-state index in [0.717, 1.165) is 18.2 Å². The first-order valence-electron chi connectivity index (χ1n) is 5.20. The van der Waals surface area contributed by atoms with Crippen LogP contribution < -0.4 is 5.73 Å². The Morgan fingerprint density at radius 3 is 2.14 bits per heavy atom. The lowest BCUT2D eigenvalue weighted by molar-refractivity contribution is -0.384. The van der Waals surface area contributed by atoms with Gasteiger partial charge in [-0.2, -0.15) is 26.3 Å². The van der Waals surface area contributed by atoms with E-state index in [1.54, 1.807) is 0 Å². The fraction of sp³-hybridized carbons (Fsp3) is 0.400. The predicted molar refractivity (Wildman–Crippen MR) is 58.2 cm³/mol. The molecule has 0 saturated carbocycles. The van der Waals surface area contributed by atoms with Gasteiger partial charge in [0.15, 0.2) is 0 Å². The zero-order valence-corrected chi connectivity index (χ0v) is 10.0. The van der Waals surface area contributed by atoms with E-state index < -0.39 is 35.7 Å². The molecule has 21 heavy (non-hydrogen) atoms. The van der Waals surface area contributed by atoms with Crippen LogP contribution in [0.4, 0.5) is 37.7 Å². The number of hydrogen-bond acceptors (Lipinski definition) is 4. The van der Waals surface area contributed by atoms with Gasteiger partial charge in [0.05, 0.1) is 11.5 Å². The van der Waals surface area contributed by atoms with Crippen LogP contribution in [0.5, 0.6) is 0 Å². The highest BCUT2D eigenvalue weighted by molar-refractivity contribution is 5.59. The van der Waals surface area contributed by atoms with Crippen LogP contribution in [0.1, 0.15) is 5.56 Å². The van der Waals surface area contributed by atoms with Crippen molar-refractivity contribution < 1.29 is 36.0 Å². The molecule has 0 amide bonds. The van der Waals surface area contributed by atoms with Gasteiger partial charge in [-0.25, -0.2) is 0 Å². The first-order chi connectivity index (χ1) is 9.43. The summed E-state index contributed by atoms with van der Waals surface area (Å²) in [7, 11) is 0. The molecule has 118 valence electrons. The molecule has 0 bridgehead atoms. The SMILES string of the molecule is Nc1ccc(COC(C(F)(F)F)C(F)(F)F)cc1[N+](=O)[O-]. The molecule has 1 rings (SSSR count). The lowest BCUT2D eigenvalue weighted by atomic mass is 10.2. The van der Waals surface area contributed by atoms with Gasteiger partial charge in [0.25, 0.3) is 5.69 Å². The van der Waals surface area contributed by atoms with E-state index >= 15 is 0 Å². The second-order valence-corrected chi connectivity index (χ2v) is 3.92. The summed E-state index contributed by atoms with van der Waals surface area (Å²) in [6, 6.07) is 2.78. The number of ether oxygens (including phenoxy) is 1. The van der Waals surface area contributed by atoms with Gasteiger partial charge >= 0.3 is 12.4 Å². The molecule has 0 aromatic heterocycles. The normalized spacial score (nSPS) is 12.7. The van der Waals surface area contributed by atoms with Gasteiger partial charge in [-0.05, 0) is 11.6 Å². The van der Waals surface area contributed by atoms with E-state index in [0.29, 0.717) is 0 Å². The van der Waals surface area contributed by atoms with E-state index in [-0.39, 0.29) is 11.3 Å². The molecular weight excluding hydrogens is 310 g/mol. The van der Waals surface area contributed by atoms with Gasteiger partial charge in [0, 0.05) is 6.07 Å². The van der Waals surface area contributed by atoms with Crippen LogP contribution in [0, 0.1) is 10.1 Å². The molecule has 11 heteroatoms. The number of nitrogens with two attached hydrogens (primary N) is 1. The molecule has 5 nitrogen and oxygen atoms in total. The van der Waals surface area contributed by atoms with Gasteiger partial charge in [0.1, 0.15) is 5.69 Å². The number of halogens is 6. The number of nitro groups is 1. The van der Waals surface area contributed by atoms with Crippen molar-refractivity contribution >= 4 is 11.4 Å². The molecule has 0 aliphatic carbocycles. The monoisotopic (exact) mass is 318 g/mol. The summed E-state index contributed by atoms with van der Waals surface area (Å²) in [5.41, 5.74) is 4.10. The molecule has 1 aromatic carbocycles. The lowest BCUT2D eigenvalue weighted by Crippen LogP contribution is -2.44. The summed E-state index contributed by atoms with van der Waals surface area (Å²) in [6.07, 6.45) is -15.3. The van der Waals surface area contributed by atoms with Crippen molar-refractivity contribution in [3.05, 3.63) is 33.9 Å². The summed E-state index contributed by atoms with van der Waals surface area (Å²) in [4.78, 5) is 9.64. The summed E-state index contributed by atoms with van der Waals surface area (Å²) >= 11 is 0. The molecule has 0 aliphatic rings. The molecule has 0 atom stereocenters. The largest absolute Gasteiger partial charge is 0.423 e. The standard InChI is InChI=1S/C10H8F6N2O3/c11-9(12,13)8(10(14,15)16)21-4-5-1-2-6(17)7(3-5)18(19)20/h1-3,8H,4,17H2. The highest BCUT2D eigenvalue weighted by Gasteiger charge is 2.57. The van der Waals surface area contributed by atoms with E-state index in [9.17, 15) is 36.5 Å². The zero-order valence-electron chi connectivity index (χ0n) is 10.0. The van der Waals surface area contributed by atoms with Crippen molar-refractivity contribution in [2.45, 2.75) is 25.1 Å². The fourth-order valence-electron chi connectivity index (χ4n) is 1.39. The molecule has 0 fully saturated rings. The van der Waals surface area contributed by atoms with Crippen molar-refractivity contribution in [1.29, 1.82) is 0 Å². The summed E-state index contributed by atoms with van der Waals surface area (Å²) < 4.78 is 77.1. The Hall–Kier alpha value is -2.04. The zero-order chi connectivity index (χ0) is 16.4. The minimum atomic E-state index is -5.64. The second kappa shape index (κ2) is 5.76. The van der Waals surface area contributed by atoms with Crippen LogP contribution in [0.3, 0.4) is 0 Å². The van der Waals surface area contributed by atoms with Gasteiger partial charge < -0.3 is 10.5 Å². The Bertz CT molecular complexity index is 515. The fourth-order valence-corrected chi connectivity index (χ4v) is 1.39. The van der Waals surface area contributed by atoms with Crippen LogP contribution in [0.25, 0.3) is 0 Å². The number of hydrogen-bond donors (Lipinski definition) is 1. The Labute approximate surface area is 113 Å². The number of alkyl halides is 6. The van der Waals surface area contributed by atoms with Crippen molar-refractivity contribution in [3.63, 3.8) is 0 Å². The number of nitrogen functional groups attached to an aromatic ring is 1. The van der Waals surface area contributed by atoms with Gasteiger partial charge in [-0.1, -0.05) is 6.07 Å². The number of nitro benzene ring substituents is 1. The first kappa shape index (κ1) is 17.0. The number of rotatable bonds is 4. The molecule has 1 aromatic rings. The Balaban J connectivity index is 2.92. The van der Waals surface area contributed by atoms with E-state index in [4.69, 9.17) is 5.73 Å². The third-order valence-corrected chi connectivity index (χ3v) is 2.30. The van der Waals surface area contributed by atoms with Crippen LogP contribution in [-0.4, -0.2) is 23.4 Å². The maximum Gasteiger partial charge on any atom is 0.423 e. The molecule has 0 aliphatic heterocycles. The van der Waals surface area contributed by atoms with Gasteiger partial charge in [-0.3, -0.25) is 10.1 Å². The highest BCUT2D eigenvalue weighted by Crippen LogP contribution is 2.36. The third kappa shape index (κ3) is 4.48. The van der Waals surface area contributed by atoms with Gasteiger partial charge in [0.2, 0.25) is 6.10 Å². The van der Waals surface area contributed by atoms with Crippen molar-refractivity contribution in [2.24, 2.45) is 0 Å². The average molecular weight is 318 g/mol. The molecule has 0 saturated heterocycles. The Morgan fingerprint density at radius 2 is 1.71 bits per heavy atom. The van der Waals surface area contributed by atoms with E-state index in [1.165, 1.54) is 0 Å². The number of anilines is 1. The number of benzene rings is 1. The minimum absolute atomic E-state index is 0.241. The van der Waals surface area contributed by atoms with Gasteiger partial charge in [-0.15, -0.1) is 0 Å². The lowest BCUT2D eigenvalue weighted by Gasteiger charge is -2.23. The predicted octanol–water partition coefficient (Wildman–Crippen LogP) is 3.19. The topological polar surface area (TPSA) is 78.4 Å². The average Bonchev–Trinajstić information content (AvgIpc) is 2.27.